The van der Waals surface area contributed by atoms with E-state index in [4.69, 9.17) is 15.0 Å². The second-order valence-corrected chi connectivity index (χ2v) is 5.24. The van der Waals surface area contributed by atoms with Crippen LogP contribution in [0.5, 0.6) is 0 Å². The van der Waals surface area contributed by atoms with E-state index in [1.54, 1.807) is 13.8 Å². The first-order valence-corrected chi connectivity index (χ1v) is 6.69. The van der Waals surface area contributed by atoms with E-state index >= 15 is 0 Å². The molecule has 1 aromatic carbocycles. The van der Waals surface area contributed by atoms with Crippen molar-refractivity contribution in [1.29, 1.82) is 0 Å². The smallest absolute Gasteiger partial charge is 0.412 e. The molecule has 0 radical (unpaired) electrons. The molecule has 1 amide bonds. The Morgan fingerprint density at radius 2 is 2.24 bits per heavy atom. The molecule has 0 unspecified atom stereocenters. The number of ether oxygens (including phenoxy) is 2. The highest BCUT2D eigenvalue weighted by Gasteiger charge is 2.44. The van der Waals surface area contributed by atoms with Crippen molar-refractivity contribution in [2.24, 2.45) is 5.11 Å². The minimum atomic E-state index is -0.774. The molecule has 1 atom stereocenters. The summed E-state index contributed by atoms with van der Waals surface area (Å²) in [6.45, 7) is 4.26. The lowest BCUT2D eigenvalue weighted by molar-refractivity contribution is -0.0489. The van der Waals surface area contributed by atoms with Gasteiger partial charge in [-0.3, -0.25) is 4.90 Å². The third-order valence-corrected chi connectivity index (χ3v) is 3.33. The van der Waals surface area contributed by atoms with E-state index in [2.05, 4.69) is 10.0 Å². The molecule has 2 rings (SSSR count). The van der Waals surface area contributed by atoms with Crippen LogP contribution in [0.4, 0.5) is 4.79 Å². The lowest BCUT2D eigenvalue weighted by atomic mass is 10.2. The van der Waals surface area contributed by atoms with Crippen molar-refractivity contribution in [2.45, 2.75) is 32.2 Å². The second-order valence-electron chi connectivity index (χ2n) is 5.24. The quantitative estimate of drug-likeness (QED) is 0.485. The zero-order valence-electron chi connectivity index (χ0n) is 12.1. The average Bonchev–Trinajstić information content (AvgIpc) is 2.78. The molecule has 0 saturated carbocycles. The number of carbonyl (C=O) groups is 1. The van der Waals surface area contributed by atoms with Gasteiger partial charge in [-0.15, -0.1) is 0 Å². The standard InChI is InChI=1S/C14H18N4O3/c1-14(2)18(12(10-21-14)8-16-17-15)13(19)20-9-11-6-4-3-5-7-11/h3-7,12H,8-10H2,1-2H3/t12-/m0/s1. The first kappa shape index (κ1) is 15.2. The number of amides is 1. The van der Waals surface area contributed by atoms with Gasteiger partial charge in [-0.05, 0) is 24.9 Å². The van der Waals surface area contributed by atoms with Crippen molar-refractivity contribution in [3.05, 3.63) is 46.3 Å². The topological polar surface area (TPSA) is 87.5 Å². The number of carbonyl (C=O) groups excluding carboxylic acids is 1. The van der Waals surface area contributed by atoms with E-state index in [1.807, 2.05) is 30.3 Å². The summed E-state index contributed by atoms with van der Waals surface area (Å²) in [7, 11) is 0. The predicted octanol–water partition coefficient (Wildman–Crippen LogP) is 3.07. The Labute approximate surface area is 123 Å². The van der Waals surface area contributed by atoms with Gasteiger partial charge in [0.05, 0.1) is 12.6 Å². The highest BCUT2D eigenvalue weighted by atomic mass is 16.6. The summed E-state index contributed by atoms with van der Waals surface area (Å²) in [5, 5.41) is 3.52. The Bertz CT molecular complexity index is 540. The van der Waals surface area contributed by atoms with E-state index in [0.717, 1.165) is 5.56 Å². The summed E-state index contributed by atoms with van der Waals surface area (Å²) in [6, 6.07) is 9.14. The molecule has 112 valence electrons. The van der Waals surface area contributed by atoms with Gasteiger partial charge >= 0.3 is 6.09 Å². The molecule has 0 aromatic heterocycles. The SMILES string of the molecule is CC1(C)OC[C@H](CN=[N+]=[N-])N1C(=O)OCc1ccccc1. The van der Waals surface area contributed by atoms with Gasteiger partial charge in [0.25, 0.3) is 0 Å². The molecular weight excluding hydrogens is 272 g/mol. The van der Waals surface area contributed by atoms with Gasteiger partial charge in [-0.1, -0.05) is 35.4 Å². The van der Waals surface area contributed by atoms with Crippen LogP contribution in [0.15, 0.2) is 35.4 Å². The maximum atomic E-state index is 12.3. The van der Waals surface area contributed by atoms with Crippen LogP contribution in [0, 0.1) is 0 Å². The van der Waals surface area contributed by atoms with Crippen molar-refractivity contribution < 1.29 is 14.3 Å². The average molecular weight is 290 g/mol. The molecule has 1 heterocycles. The third-order valence-electron chi connectivity index (χ3n) is 3.33. The molecule has 1 saturated heterocycles. The van der Waals surface area contributed by atoms with Crippen LogP contribution in [-0.2, 0) is 16.1 Å². The number of azide groups is 1. The van der Waals surface area contributed by atoms with E-state index in [1.165, 1.54) is 4.90 Å². The van der Waals surface area contributed by atoms with Crippen molar-refractivity contribution in [2.75, 3.05) is 13.2 Å². The minimum Gasteiger partial charge on any atom is -0.444 e. The maximum absolute atomic E-state index is 12.3. The highest BCUT2D eigenvalue weighted by molar-refractivity contribution is 5.69. The number of rotatable bonds is 4. The van der Waals surface area contributed by atoms with Crippen LogP contribution < -0.4 is 0 Å². The summed E-state index contributed by atoms with van der Waals surface area (Å²) in [5.41, 5.74) is 8.55. The second kappa shape index (κ2) is 6.47. The zero-order chi connectivity index (χ0) is 15.3. The summed E-state index contributed by atoms with van der Waals surface area (Å²) in [4.78, 5) is 16.5. The lowest BCUT2D eigenvalue weighted by Gasteiger charge is -2.32. The Morgan fingerprint density at radius 3 is 2.90 bits per heavy atom. The van der Waals surface area contributed by atoms with E-state index < -0.39 is 11.8 Å². The number of hydrogen-bond acceptors (Lipinski definition) is 4. The summed E-state index contributed by atoms with van der Waals surface area (Å²) in [6.07, 6.45) is -0.473. The molecule has 0 N–H and O–H groups in total. The van der Waals surface area contributed by atoms with Crippen LogP contribution in [0.25, 0.3) is 10.4 Å². The number of nitrogens with zero attached hydrogens (tertiary/aromatic N) is 4. The molecule has 1 aliphatic heterocycles. The maximum Gasteiger partial charge on any atom is 0.412 e. The van der Waals surface area contributed by atoms with Crippen molar-refractivity contribution >= 4 is 6.09 Å². The van der Waals surface area contributed by atoms with Crippen LogP contribution in [0.3, 0.4) is 0 Å². The molecule has 7 heteroatoms. The summed E-state index contributed by atoms with van der Waals surface area (Å²) < 4.78 is 10.9. The van der Waals surface area contributed by atoms with E-state index in [0.29, 0.717) is 6.61 Å². The normalized spacial score (nSPS) is 19.9. The third kappa shape index (κ3) is 3.65. The fourth-order valence-electron chi connectivity index (χ4n) is 2.31. The van der Waals surface area contributed by atoms with Gasteiger partial charge < -0.3 is 9.47 Å². The number of benzene rings is 1. The monoisotopic (exact) mass is 290 g/mol. The first-order valence-electron chi connectivity index (χ1n) is 6.69. The van der Waals surface area contributed by atoms with Crippen LogP contribution in [0.2, 0.25) is 0 Å². The van der Waals surface area contributed by atoms with Crippen LogP contribution in [-0.4, -0.2) is 35.9 Å². The Hall–Kier alpha value is -2.24. The number of hydrogen-bond donors (Lipinski definition) is 0. The Balaban J connectivity index is 2.02. The van der Waals surface area contributed by atoms with E-state index in [9.17, 15) is 4.79 Å². The minimum absolute atomic E-state index is 0.167. The molecule has 1 fully saturated rings. The van der Waals surface area contributed by atoms with Gasteiger partial charge in [0, 0.05) is 11.5 Å². The van der Waals surface area contributed by atoms with Crippen molar-refractivity contribution in [3.63, 3.8) is 0 Å². The molecule has 0 spiro atoms. The lowest BCUT2D eigenvalue weighted by Crippen LogP contribution is -2.49. The highest BCUT2D eigenvalue weighted by Crippen LogP contribution is 2.28. The van der Waals surface area contributed by atoms with Crippen LogP contribution in [0.1, 0.15) is 19.4 Å². The first-order chi connectivity index (χ1) is 10.0. The van der Waals surface area contributed by atoms with Gasteiger partial charge in [-0.25, -0.2) is 4.79 Å². The van der Waals surface area contributed by atoms with Crippen LogP contribution >= 0.6 is 0 Å². The summed E-state index contributed by atoms with van der Waals surface area (Å²) >= 11 is 0. The predicted molar refractivity (Wildman–Crippen MR) is 76.3 cm³/mol. The van der Waals surface area contributed by atoms with Gasteiger partial charge in [0.1, 0.15) is 12.3 Å². The molecule has 21 heavy (non-hydrogen) atoms. The molecule has 0 bridgehead atoms. The summed E-state index contributed by atoms with van der Waals surface area (Å²) in [5.74, 6) is 0. The van der Waals surface area contributed by atoms with Gasteiger partial charge in [-0.2, -0.15) is 0 Å². The fourth-order valence-corrected chi connectivity index (χ4v) is 2.31. The zero-order valence-corrected chi connectivity index (χ0v) is 12.1. The Kier molecular flexibility index (Phi) is 4.67. The molecular formula is C14H18N4O3. The molecule has 7 nitrogen and oxygen atoms in total. The molecule has 1 aromatic rings. The molecule has 0 aliphatic carbocycles. The fraction of sp³-hybridized carbons (Fsp3) is 0.500. The van der Waals surface area contributed by atoms with Gasteiger partial charge in [0.2, 0.25) is 0 Å². The van der Waals surface area contributed by atoms with Crippen molar-refractivity contribution in [1.82, 2.24) is 4.90 Å². The van der Waals surface area contributed by atoms with Gasteiger partial charge in [0.15, 0.2) is 0 Å². The molecule has 1 aliphatic rings. The largest absolute Gasteiger partial charge is 0.444 e. The Morgan fingerprint density at radius 1 is 1.52 bits per heavy atom. The van der Waals surface area contributed by atoms with E-state index in [-0.39, 0.29) is 19.2 Å². The van der Waals surface area contributed by atoms with Crippen molar-refractivity contribution in [3.8, 4) is 0 Å².